The first kappa shape index (κ1) is 15.1. The molecule has 0 aromatic heterocycles. The van der Waals surface area contributed by atoms with Gasteiger partial charge in [-0.2, -0.15) is 0 Å². The molecular weight excluding hydrogens is 272 g/mol. The molecule has 1 aromatic carbocycles. The van der Waals surface area contributed by atoms with Crippen molar-refractivity contribution >= 4 is 17.5 Å². The lowest BCUT2D eigenvalue weighted by atomic mass is 9.83. The van der Waals surface area contributed by atoms with Gasteiger partial charge in [0, 0.05) is 18.1 Å². The lowest BCUT2D eigenvalue weighted by Gasteiger charge is -2.26. The summed E-state index contributed by atoms with van der Waals surface area (Å²) in [6, 6.07) is 7.51. The Morgan fingerprint density at radius 2 is 2.15 bits per heavy atom. The van der Waals surface area contributed by atoms with Crippen LogP contribution in [0.15, 0.2) is 35.9 Å². The third-order valence-corrected chi connectivity index (χ3v) is 4.08. The van der Waals surface area contributed by atoms with Crippen molar-refractivity contribution in [3.05, 3.63) is 46.5 Å². The van der Waals surface area contributed by atoms with Crippen molar-refractivity contribution in [2.45, 2.75) is 25.7 Å². The summed E-state index contributed by atoms with van der Waals surface area (Å²) in [4.78, 5) is 12.4. The van der Waals surface area contributed by atoms with E-state index in [1.807, 2.05) is 38.1 Å². The zero-order valence-electron chi connectivity index (χ0n) is 12.0. The summed E-state index contributed by atoms with van der Waals surface area (Å²) in [6.07, 6.45) is 3.14. The molecule has 0 radical (unpaired) electrons. The predicted octanol–water partition coefficient (Wildman–Crippen LogP) is 2.65. The maximum Gasteiger partial charge on any atom is 0.230 e. The first-order valence-electron chi connectivity index (χ1n) is 6.94. The smallest absolute Gasteiger partial charge is 0.230 e. The minimum absolute atomic E-state index is 0.00466. The van der Waals surface area contributed by atoms with Crippen molar-refractivity contribution in [1.29, 1.82) is 0 Å². The van der Waals surface area contributed by atoms with Crippen molar-refractivity contribution in [2.75, 3.05) is 19.6 Å². The van der Waals surface area contributed by atoms with Gasteiger partial charge in [0.05, 0.1) is 5.41 Å². The predicted molar refractivity (Wildman–Crippen MR) is 83.1 cm³/mol. The Morgan fingerprint density at radius 3 is 2.80 bits per heavy atom. The number of rotatable bonds is 4. The number of amides is 1. The summed E-state index contributed by atoms with van der Waals surface area (Å²) in [7, 11) is 0. The monoisotopic (exact) mass is 292 g/mol. The van der Waals surface area contributed by atoms with Crippen molar-refractivity contribution < 1.29 is 4.79 Å². The molecule has 2 rings (SSSR count). The number of hydrogen-bond acceptors (Lipinski definition) is 2. The topological polar surface area (TPSA) is 41.1 Å². The van der Waals surface area contributed by atoms with E-state index in [-0.39, 0.29) is 5.91 Å². The van der Waals surface area contributed by atoms with Crippen LogP contribution in [0.5, 0.6) is 0 Å². The second-order valence-electron chi connectivity index (χ2n) is 5.60. The fourth-order valence-electron chi connectivity index (χ4n) is 2.34. The molecule has 1 aliphatic rings. The van der Waals surface area contributed by atoms with Crippen molar-refractivity contribution in [3.63, 3.8) is 0 Å². The summed E-state index contributed by atoms with van der Waals surface area (Å²) in [5.74, 6) is 0.00466. The first-order valence-corrected chi connectivity index (χ1v) is 7.31. The highest BCUT2D eigenvalue weighted by Crippen LogP contribution is 2.29. The van der Waals surface area contributed by atoms with Crippen LogP contribution in [-0.2, 0) is 10.2 Å². The van der Waals surface area contributed by atoms with Crippen molar-refractivity contribution in [2.24, 2.45) is 0 Å². The standard InChI is InChI=1S/C16H21ClN2O/c1-16(2,13-5-3-4-6-14(13)17)15(20)19-11-12-7-9-18-10-8-12/h3-7,18H,8-11H2,1-2H3,(H,19,20). The molecule has 0 aliphatic carbocycles. The van der Waals surface area contributed by atoms with Gasteiger partial charge >= 0.3 is 0 Å². The summed E-state index contributed by atoms with van der Waals surface area (Å²) >= 11 is 6.20. The van der Waals surface area contributed by atoms with Gasteiger partial charge in [0.1, 0.15) is 0 Å². The highest BCUT2D eigenvalue weighted by atomic mass is 35.5. The summed E-state index contributed by atoms with van der Waals surface area (Å²) in [5.41, 5.74) is 1.51. The number of nitrogens with one attached hydrogen (secondary N) is 2. The van der Waals surface area contributed by atoms with Gasteiger partial charge in [-0.15, -0.1) is 0 Å². The van der Waals surface area contributed by atoms with Crippen LogP contribution in [0.2, 0.25) is 5.02 Å². The molecule has 0 atom stereocenters. The van der Waals surface area contributed by atoms with Crippen LogP contribution in [0.4, 0.5) is 0 Å². The van der Waals surface area contributed by atoms with E-state index in [2.05, 4.69) is 16.7 Å². The van der Waals surface area contributed by atoms with Crippen LogP contribution < -0.4 is 10.6 Å². The number of halogens is 1. The van der Waals surface area contributed by atoms with Crippen LogP contribution in [0.1, 0.15) is 25.8 Å². The van der Waals surface area contributed by atoms with Crippen LogP contribution in [-0.4, -0.2) is 25.5 Å². The molecule has 0 unspecified atom stereocenters. The van der Waals surface area contributed by atoms with Gasteiger partial charge < -0.3 is 10.6 Å². The van der Waals surface area contributed by atoms with Gasteiger partial charge in [-0.1, -0.05) is 41.4 Å². The molecule has 20 heavy (non-hydrogen) atoms. The minimum atomic E-state index is -0.633. The first-order chi connectivity index (χ1) is 9.51. The molecule has 1 aliphatic heterocycles. The highest BCUT2D eigenvalue weighted by molar-refractivity contribution is 6.31. The highest BCUT2D eigenvalue weighted by Gasteiger charge is 2.31. The lowest BCUT2D eigenvalue weighted by Crippen LogP contribution is -2.41. The normalized spacial score (nSPS) is 15.7. The van der Waals surface area contributed by atoms with E-state index < -0.39 is 5.41 Å². The van der Waals surface area contributed by atoms with Gasteiger partial charge in [0.25, 0.3) is 0 Å². The molecule has 0 bridgehead atoms. The fourth-order valence-corrected chi connectivity index (χ4v) is 2.71. The Balaban J connectivity index is 2.04. The van der Waals surface area contributed by atoms with Gasteiger partial charge in [-0.05, 0) is 38.4 Å². The minimum Gasteiger partial charge on any atom is -0.352 e. The second kappa shape index (κ2) is 6.42. The Bertz CT molecular complexity index is 523. The van der Waals surface area contributed by atoms with E-state index in [4.69, 9.17) is 11.6 Å². The second-order valence-corrected chi connectivity index (χ2v) is 6.01. The molecule has 0 saturated carbocycles. The lowest BCUT2D eigenvalue weighted by molar-refractivity contribution is -0.125. The zero-order chi connectivity index (χ0) is 14.6. The largest absolute Gasteiger partial charge is 0.352 e. The summed E-state index contributed by atoms with van der Waals surface area (Å²) < 4.78 is 0. The molecule has 0 fully saturated rings. The molecule has 108 valence electrons. The van der Waals surface area contributed by atoms with Crippen LogP contribution in [0, 0.1) is 0 Å². The summed E-state index contributed by atoms with van der Waals surface area (Å²) in [6.45, 7) is 6.30. The molecule has 4 heteroatoms. The molecule has 0 saturated heterocycles. The molecule has 1 aromatic rings. The molecule has 2 N–H and O–H groups in total. The number of carbonyl (C=O) groups is 1. The zero-order valence-corrected chi connectivity index (χ0v) is 12.8. The number of benzene rings is 1. The van der Waals surface area contributed by atoms with Crippen molar-refractivity contribution in [1.82, 2.24) is 10.6 Å². The quantitative estimate of drug-likeness (QED) is 0.838. The SMILES string of the molecule is CC(C)(C(=O)NCC1=CCNCC1)c1ccccc1Cl. The molecule has 1 amide bonds. The average Bonchev–Trinajstić information content (AvgIpc) is 2.46. The molecule has 0 spiro atoms. The van der Waals surface area contributed by atoms with Crippen LogP contribution >= 0.6 is 11.6 Å². The summed E-state index contributed by atoms with van der Waals surface area (Å²) in [5, 5.41) is 6.92. The Morgan fingerprint density at radius 1 is 1.40 bits per heavy atom. The van der Waals surface area contributed by atoms with Crippen LogP contribution in [0.25, 0.3) is 0 Å². The molecular formula is C16H21ClN2O. The maximum absolute atomic E-state index is 12.4. The van der Waals surface area contributed by atoms with Gasteiger partial charge in [-0.25, -0.2) is 0 Å². The fraction of sp³-hybridized carbons (Fsp3) is 0.438. The number of hydrogen-bond donors (Lipinski definition) is 2. The molecule has 3 nitrogen and oxygen atoms in total. The van der Waals surface area contributed by atoms with Crippen LogP contribution in [0.3, 0.4) is 0 Å². The van der Waals surface area contributed by atoms with E-state index in [0.29, 0.717) is 11.6 Å². The van der Waals surface area contributed by atoms with E-state index in [0.717, 1.165) is 25.1 Å². The van der Waals surface area contributed by atoms with E-state index in [1.165, 1.54) is 5.57 Å². The van der Waals surface area contributed by atoms with Gasteiger partial charge in [0.2, 0.25) is 5.91 Å². The van der Waals surface area contributed by atoms with E-state index in [9.17, 15) is 4.79 Å². The third-order valence-electron chi connectivity index (χ3n) is 3.75. The van der Waals surface area contributed by atoms with Gasteiger partial charge in [-0.3, -0.25) is 4.79 Å². The maximum atomic E-state index is 12.4. The third kappa shape index (κ3) is 3.41. The Hall–Kier alpha value is -1.32. The average molecular weight is 293 g/mol. The Labute approximate surface area is 125 Å². The Kier molecular flexibility index (Phi) is 4.84. The van der Waals surface area contributed by atoms with Crippen molar-refractivity contribution in [3.8, 4) is 0 Å². The van der Waals surface area contributed by atoms with E-state index >= 15 is 0 Å². The molecule has 1 heterocycles. The van der Waals surface area contributed by atoms with E-state index in [1.54, 1.807) is 0 Å². The van der Waals surface area contributed by atoms with Gasteiger partial charge in [0.15, 0.2) is 0 Å². The number of carbonyl (C=O) groups excluding carboxylic acids is 1.